The Morgan fingerprint density at radius 3 is 2.53 bits per heavy atom. The Bertz CT molecular complexity index is 358. The molecule has 106 valence electrons. The third-order valence-corrected chi connectivity index (χ3v) is 3.78. The van der Waals surface area contributed by atoms with E-state index in [1.54, 1.807) is 0 Å². The predicted octanol–water partition coefficient (Wildman–Crippen LogP) is 2.91. The SMILES string of the molecule is CCCN(Cc1ccc(N)cc1)CC1CCOCC1. The zero-order chi connectivity index (χ0) is 13.5. The minimum Gasteiger partial charge on any atom is -0.399 e. The van der Waals surface area contributed by atoms with Gasteiger partial charge in [0.1, 0.15) is 0 Å². The van der Waals surface area contributed by atoms with Gasteiger partial charge in [-0.15, -0.1) is 0 Å². The first kappa shape index (κ1) is 14.4. The molecule has 0 unspecified atom stereocenters. The van der Waals surface area contributed by atoms with Crippen LogP contribution in [-0.4, -0.2) is 31.2 Å². The van der Waals surface area contributed by atoms with Crippen LogP contribution in [0.15, 0.2) is 24.3 Å². The molecule has 0 amide bonds. The molecule has 2 rings (SSSR count). The number of nitrogen functional groups attached to an aromatic ring is 1. The van der Waals surface area contributed by atoms with Gasteiger partial charge in [0.25, 0.3) is 0 Å². The summed E-state index contributed by atoms with van der Waals surface area (Å²) < 4.78 is 5.44. The maximum absolute atomic E-state index is 5.74. The fourth-order valence-corrected chi connectivity index (χ4v) is 2.73. The largest absolute Gasteiger partial charge is 0.399 e. The molecule has 0 saturated carbocycles. The van der Waals surface area contributed by atoms with E-state index in [1.807, 2.05) is 12.1 Å². The quantitative estimate of drug-likeness (QED) is 0.801. The second-order valence-electron chi connectivity index (χ2n) is 5.53. The molecule has 3 heteroatoms. The van der Waals surface area contributed by atoms with Crippen LogP contribution in [-0.2, 0) is 11.3 Å². The monoisotopic (exact) mass is 262 g/mol. The standard InChI is InChI=1S/C16H26N2O/c1-2-9-18(13-15-7-10-19-11-8-15)12-14-3-5-16(17)6-4-14/h3-6,15H,2,7-13,17H2,1H3. The van der Waals surface area contributed by atoms with Gasteiger partial charge in [-0.1, -0.05) is 19.1 Å². The number of nitrogens with zero attached hydrogens (tertiary/aromatic N) is 1. The summed E-state index contributed by atoms with van der Waals surface area (Å²) in [5.41, 5.74) is 7.94. The zero-order valence-electron chi connectivity index (χ0n) is 12.0. The van der Waals surface area contributed by atoms with Crippen molar-refractivity contribution >= 4 is 5.69 Å². The summed E-state index contributed by atoms with van der Waals surface area (Å²) in [6, 6.07) is 8.27. The van der Waals surface area contributed by atoms with Crippen LogP contribution in [0.2, 0.25) is 0 Å². The van der Waals surface area contributed by atoms with E-state index in [2.05, 4.69) is 24.0 Å². The molecule has 19 heavy (non-hydrogen) atoms. The molecule has 1 saturated heterocycles. The average Bonchev–Trinajstić information content (AvgIpc) is 2.43. The number of hydrogen-bond acceptors (Lipinski definition) is 3. The lowest BCUT2D eigenvalue weighted by Gasteiger charge is -2.29. The number of anilines is 1. The van der Waals surface area contributed by atoms with Gasteiger partial charge in [0.15, 0.2) is 0 Å². The molecule has 0 radical (unpaired) electrons. The fraction of sp³-hybridized carbons (Fsp3) is 0.625. The summed E-state index contributed by atoms with van der Waals surface area (Å²) >= 11 is 0. The molecule has 0 bridgehead atoms. The van der Waals surface area contributed by atoms with Crippen LogP contribution in [0.3, 0.4) is 0 Å². The summed E-state index contributed by atoms with van der Waals surface area (Å²) in [6.07, 6.45) is 3.63. The van der Waals surface area contributed by atoms with Gasteiger partial charge < -0.3 is 10.5 Å². The van der Waals surface area contributed by atoms with Crippen molar-refractivity contribution in [3.63, 3.8) is 0 Å². The van der Waals surface area contributed by atoms with E-state index in [9.17, 15) is 0 Å². The minimum absolute atomic E-state index is 0.800. The highest BCUT2D eigenvalue weighted by molar-refractivity contribution is 5.39. The van der Waals surface area contributed by atoms with Crippen LogP contribution in [0.25, 0.3) is 0 Å². The average molecular weight is 262 g/mol. The third kappa shape index (κ3) is 4.84. The van der Waals surface area contributed by atoms with Gasteiger partial charge in [0.05, 0.1) is 0 Å². The highest BCUT2D eigenvalue weighted by Gasteiger charge is 2.17. The van der Waals surface area contributed by atoms with E-state index in [0.29, 0.717) is 0 Å². The normalized spacial score (nSPS) is 16.9. The second kappa shape index (κ2) is 7.51. The Morgan fingerprint density at radius 1 is 1.21 bits per heavy atom. The molecule has 2 N–H and O–H groups in total. The smallest absolute Gasteiger partial charge is 0.0469 e. The maximum Gasteiger partial charge on any atom is 0.0469 e. The number of rotatable bonds is 6. The number of benzene rings is 1. The van der Waals surface area contributed by atoms with Crippen LogP contribution in [0.1, 0.15) is 31.7 Å². The summed E-state index contributed by atoms with van der Waals surface area (Å²) in [7, 11) is 0. The summed E-state index contributed by atoms with van der Waals surface area (Å²) in [4.78, 5) is 2.57. The molecule has 1 heterocycles. The lowest BCUT2D eigenvalue weighted by Crippen LogP contribution is -2.32. The minimum atomic E-state index is 0.800. The van der Waals surface area contributed by atoms with Crippen LogP contribution in [0, 0.1) is 5.92 Å². The van der Waals surface area contributed by atoms with Crippen molar-refractivity contribution in [3.8, 4) is 0 Å². The van der Waals surface area contributed by atoms with Crippen LogP contribution in [0.5, 0.6) is 0 Å². The van der Waals surface area contributed by atoms with Gasteiger partial charge in [-0.3, -0.25) is 4.90 Å². The van der Waals surface area contributed by atoms with Gasteiger partial charge in [-0.05, 0) is 49.4 Å². The first-order chi connectivity index (χ1) is 9.28. The van der Waals surface area contributed by atoms with E-state index in [-0.39, 0.29) is 0 Å². The lowest BCUT2D eigenvalue weighted by atomic mass is 9.99. The van der Waals surface area contributed by atoms with E-state index in [4.69, 9.17) is 10.5 Å². The first-order valence-corrected chi connectivity index (χ1v) is 7.42. The molecule has 0 atom stereocenters. The molecule has 1 aliphatic heterocycles. The van der Waals surface area contributed by atoms with Crippen molar-refractivity contribution in [3.05, 3.63) is 29.8 Å². The van der Waals surface area contributed by atoms with Gasteiger partial charge in [0.2, 0.25) is 0 Å². The van der Waals surface area contributed by atoms with Crippen LogP contribution in [0.4, 0.5) is 5.69 Å². The molecule has 1 fully saturated rings. The van der Waals surface area contributed by atoms with Gasteiger partial charge >= 0.3 is 0 Å². The predicted molar refractivity (Wildman–Crippen MR) is 80.0 cm³/mol. The third-order valence-electron chi connectivity index (χ3n) is 3.78. The van der Waals surface area contributed by atoms with Crippen molar-refractivity contribution in [2.75, 3.05) is 32.0 Å². The van der Waals surface area contributed by atoms with Crippen LogP contribution >= 0.6 is 0 Å². The number of hydrogen-bond donors (Lipinski definition) is 1. The molecule has 0 aromatic heterocycles. The Labute approximate surface area is 116 Å². The van der Waals surface area contributed by atoms with Crippen molar-refractivity contribution < 1.29 is 4.74 Å². The van der Waals surface area contributed by atoms with E-state index < -0.39 is 0 Å². The van der Waals surface area contributed by atoms with E-state index in [1.165, 1.54) is 37.9 Å². The van der Waals surface area contributed by atoms with Gasteiger partial charge in [0, 0.05) is 32.0 Å². The Morgan fingerprint density at radius 2 is 1.89 bits per heavy atom. The summed E-state index contributed by atoms with van der Waals surface area (Å²) in [6.45, 7) is 7.52. The summed E-state index contributed by atoms with van der Waals surface area (Å²) in [5.74, 6) is 0.800. The highest BCUT2D eigenvalue weighted by Crippen LogP contribution is 2.18. The van der Waals surface area contributed by atoms with Gasteiger partial charge in [-0.25, -0.2) is 0 Å². The molecule has 0 aliphatic carbocycles. The molecule has 1 aromatic carbocycles. The van der Waals surface area contributed by atoms with E-state index in [0.717, 1.165) is 31.4 Å². The van der Waals surface area contributed by atoms with Crippen molar-refractivity contribution in [2.24, 2.45) is 5.92 Å². The van der Waals surface area contributed by atoms with Crippen molar-refractivity contribution in [2.45, 2.75) is 32.7 Å². The summed E-state index contributed by atoms with van der Waals surface area (Å²) in [5, 5.41) is 0. The van der Waals surface area contributed by atoms with Crippen molar-refractivity contribution in [1.82, 2.24) is 4.90 Å². The Balaban J connectivity index is 1.89. The number of ether oxygens (including phenoxy) is 1. The fourth-order valence-electron chi connectivity index (χ4n) is 2.73. The molecule has 1 aliphatic rings. The number of nitrogens with two attached hydrogens (primary N) is 1. The second-order valence-corrected chi connectivity index (χ2v) is 5.53. The molecular weight excluding hydrogens is 236 g/mol. The molecule has 3 nitrogen and oxygen atoms in total. The van der Waals surface area contributed by atoms with E-state index >= 15 is 0 Å². The topological polar surface area (TPSA) is 38.5 Å². The molecule has 1 aromatic rings. The molecular formula is C16H26N2O. The zero-order valence-corrected chi connectivity index (χ0v) is 12.0. The maximum atomic E-state index is 5.74. The van der Waals surface area contributed by atoms with Crippen molar-refractivity contribution in [1.29, 1.82) is 0 Å². The Kier molecular flexibility index (Phi) is 5.67. The first-order valence-electron chi connectivity index (χ1n) is 7.42. The van der Waals surface area contributed by atoms with Gasteiger partial charge in [-0.2, -0.15) is 0 Å². The van der Waals surface area contributed by atoms with Crippen LogP contribution < -0.4 is 5.73 Å². The Hall–Kier alpha value is -1.06. The molecule has 0 spiro atoms. The highest BCUT2D eigenvalue weighted by atomic mass is 16.5. The lowest BCUT2D eigenvalue weighted by molar-refractivity contribution is 0.0514.